The van der Waals surface area contributed by atoms with Crippen molar-refractivity contribution in [2.75, 3.05) is 7.11 Å². The molecule has 4 atom stereocenters. The fourth-order valence-electron chi connectivity index (χ4n) is 4.36. The largest absolute Gasteiger partial charge is 0.466 e. The molecule has 0 aromatic rings. The van der Waals surface area contributed by atoms with Gasteiger partial charge in [0.1, 0.15) is 6.10 Å². The Morgan fingerprint density at radius 2 is 1.48 bits per heavy atom. The van der Waals surface area contributed by atoms with E-state index in [-0.39, 0.29) is 12.1 Å². The quantitative estimate of drug-likeness (QED) is 0.593. The smallest absolute Gasteiger partial charge is 0.330 e. The van der Waals surface area contributed by atoms with E-state index in [2.05, 4.69) is 17.9 Å². The molecule has 0 aromatic heterocycles. The summed E-state index contributed by atoms with van der Waals surface area (Å²) in [5, 5.41) is 0. The highest BCUT2D eigenvalue weighted by atomic mass is 16.5. The van der Waals surface area contributed by atoms with E-state index >= 15 is 0 Å². The third-order valence-corrected chi connectivity index (χ3v) is 5.16. The average molecular weight is 292 g/mol. The van der Waals surface area contributed by atoms with Crippen LogP contribution in [-0.2, 0) is 19.1 Å². The summed E-state index contributed by atoms with van der Waals surface area (Å²) in [6.45, 7) is 6.60. The minimum atomic E-state index is -0.394. The van der Waals surface area contributed by atoms with Crippen molar-refractivity contribution in [3.05, 3.63) is 25.3 Å². The van der Waals surface area contributed by atoms with Crippen molar-refractivity contribution in [2.24, 2.45) is 23.7 Å². The van der Waals surface area contributed by atoms with Crippen LogP contribution in [0, 0.1) is 23.7 Å². The Balaban J connectivity index is 0.000000232. The number of fused-ring (bicyclic) bond motifs is 5. The highest BCUT2D eigenvalue weighted by molar-refractivity contribution is 5.81. The van der Waals surface area contributed by atoms with Crippen molar-refractivity contribution in [1.29, 1.82) is 0 Å². The summed E-state index contributed by atoms with van der Waals surface area (Å²) in [6, 6.07) is 0. The molecule has 21 heavy (non-hydrogen) atoms. The first-order valence-corrected chi connectivity index (χ1v) is 7.62. The SMILES string of the molecule is C=CC(=O)OC.C=CC(=O)OC1CC2C3CCC(C3)C2C1. The normalized spacial score (nSPS) is 35.2. The monoisotopic (exact) mass is 292 g/mol. The average Bonchev–Trinajstić information content (AvgIpc) is 3.19. The second-order valence-corrected chi connectivity index (χ2v) is 6.12. The Kier molecular flexibility index (Phi) is 5.21. The Labute approximate surface area is 126 Å². The molecule has 0 radical (unpaired) electrons. The van der Waals surface area contributed by atoms with Gasteiger partial charge in [0.25, 0.3) is 0 Å². The van der Waals surface area contributed by atoms with Crippen molar-refractivity contribution in [2.45, 2.75) is 38.2 Å². The van der Waals surface area contributed by atoms with Gasteiger partial charge in [-0.1, -0.05) is 13.2 Å². The minimum Gasteiger partial charge on any atom is -0.466 e. The summed E-state index contributed by atoms with van der Waals surface area (Å²) >= 11 is 0. The molecule has 0 spiro atoms. The molecule has 4 nitrogen and oxygen atoms in total. The molecule has 0 N–H and O–H groups in total. The maximum absolute atomic E-state index is 11.1. The zero-order valence-corrected chi connectivity index (χ0v) is 12.6. The molecule has 0 aliphatic heterocycles. The van der Waals surface area contributed by atoms with Gasteiger partial charge in [0.05, 0.1) is 7.11 Å². The number of carbonyl (C=O) groups excluding carboxylic acids is 2. The summed E-state index contributed by atoms with van der Waals surface area (Å²) in [5.41, 5.74) is 0. The van der Waals surface area contributed by atoms with Crippen molar-refractivity contribution >= 4 is 11.9 Å². The molecule has 116 valence electrons. The van der Waals surface area contributed by atoms with E-state index < -0.39 is 5.97 Å². The molecule has 3 aliphatic rings. The van der Waals surface area contributed by atoms with Gasteiger partial charge in [-0.15, -0.1) is 0 Å². The van der Waals surface area contributed by atoms with E-state index in [1.54, 1.807) is 0 Å². The van der Waals surface area contributed by atoms with E-state index in [4.69, 9.17) is 4.74 Å². The van der Waals surface area contributed by atoms with Crippen molar-refractivity contribution < 1.29 is 19.1 Å². The maximum Gasteiger partial charge on any atom is 0.330 e. The Bertz CT molecular complexity index is 411. The number of rotatable bonds is 3. The number of methoxy groups -OCH3 is 1. The zero-order chi connectivity index (χ0) is 15.4. The van der Waals surface area contributed by atoms with E-state index in [1.165, 1.54) is 32.4 Å². The van der Waals surface area contributed by atoms with Crippen LogP contribution >= 0.6 is 0 Å². The first-order chi connectivity index (χ1) is 10.1. The number of hydrogen-bond acceptors (Lipinski definition) is 4. The molecule has 3 fully saturated rings. The summed E-state index contributed by atoms with van der Waals surface area (Å²) in [6.07, 6.45) is 9.12. The van der Waals surface area contributed by atoms with E-state index in [0.717, 1.165) is 42.6 Å². The molecule has 4 heteroatoms. The van der Waals surface area contributed by atoms with Crippen LogP contribution in [0.5, 0.6) is 0 Å². The molecule has 3 saturated carbocycles. The number of carbonyl (C=O) groups is 2. The predicted molar refractivity (Wildman–Crippen MR) is 79.3 cm³/mol. The lowest BCUT2D eigenvalue weighted by atomic mass is 9.82. The Hall–Kier alpha value is -1.58. The van der Waals surface area contributed by atoms with Crippen LogP contribution in [0.1, 0.15) is 32.1 Å². The first-order valence-electron chi connectivity index (χ1n) is 7.62. The van der Waals surface area contributed by atoms with Crippen molar-refractivity contribution in [3.8, 4) is 0 Å². The van der Waals surface area contributed by atoms with Crippen LogP contribution in [0.15, 0.2) is 25.3 Å². The van der Waals surface area contributed by atoms with Gasteiger partial charge in [-0.05, 0) is 55.8 Å². The molecular formula is C17H24O4. The number of ether oxygens (including phenoxy) is 2. The topological polar surface area (TPSA) is 52.6 Å². The lowest BCUT2D eigenvalue weighted by Crippen LogP contribution is -2.15. The summed E-state index contributed by atoms with van der Waals surface area (Å²) in [5.74, 6) is 3.00. The molecular weight excluding hydrogens is 268 g/mol. The van der Waals surface area contributed by atoms with Gasteiger partial charge in [-0.2, -0.15) is 0 Å². The number of hydrogen-bond donors (Lipinski definition) is 0. The first kappa shape index (κ1) is 15.8. The molecule has 2 bridgehead atoms. The van der Waals surface area contributed by atoms with Crippen molar-refractivity contribution in [3.63, 3.8) is 0 Å². The van der Waals surface area contributed by atoms with E-state index in [9.17, 15) is 9.59 Å². The second kappa shape index (κ2) is 6.92. The van der Waals surface area contributed by atoms with Gasteiger partial charge in [0, 0.05) is 12.2 Å². The molecule has 3 rings (SSSR count). The van der Waals surface area contributed by atoms with Gasteiger partial charge >= 0.3 is 11.9 Å². The highest BCUT2D eigenvalue weighted by Gasteiger charge is 2.52. The lowest BCUT2D eigenvalue weighted by Gasteiger charge is -2.23. The Morgan fingerprint density at radius 3 is 1.86 bits per heavy atom. The molecule has 0 saturated heterocycles. The standard InChI is InChI=1S/C13H18O2.C4H6O2/c1-2-13(14)15-10-6-11-8-3-4-9(5-8)12(11)7-10;1-3-4(5)6-2/h2,8-12H,1,3-7H2;3H,1H2,2H3. The van der Waals surface area contributed by atoms with Gasteiger partial charge in [0.15, 0.2) is 0 Å². The minimum absolute atomic E-state index is 0.189. The molecule has 3 aliphatic carbocycles. The molecule has 0 amide bonds. The van der Waals surface area contributed by atoms with E-state index in [0.29, 0.717) is 0 Å². The summed E-state index contributed by atoms with van der Waals surface area (Å²) in [4.78, 5) is 21.0. The number of esters is 2. The molecule has 4 unspecified atom stereocenters. The third-order valence-electron chi connectivity index (χ3n) is 5.16. The summed E-state index contributed by atoms with van der Waals surface area (Å²) < 4.78 is 9.51. The van der Waals surface area contributed by atoms with Crippen LogP contribution in [0.2, 0.25) is 0 Å². The highest BCUT2D eigenvalue weighted by Crippen LogP contribution is 2.59. The van der Waals surface area contributed by atoms with Crippen LogP contribution < -0.4 is 0 Å². The fraction of sp³-hybridized carbons (Fsp3) is 0.647. The van der Waals surface area contributed by atoms with Crippen LogP contribution in [-0.4, -0.2) is 25.2 Å². The molecule has 0 aromatic carbocycles. The van der Waals surface area contributed by atoms with Gasteiger partial charge < -0.3 is 9.47 Å². The predicted octanol–water partition coefficient (Wildman–Crippen LogP) is 2.89. The second-order valence-electron chi connectivity index (χ2n) is 6.12. The van der Waals surface area contributed by atoms with Crippen LogP contribution in [0.25, 0.3) is 0 Å². The summed E-state index contributed by atoms with van der Waals surface area (Å²) in [7, 11) is 1.31. The van der Waals surface area contributed by atoms with Crippen LogP contribution in [0.3, 0.4) is 0 Å². The lowest BCUT2D eigenvalue weighted by molar-refractivity contribution is -0.143. The Morgan fingerprint density at radius 1 is 0.952 bits per heavy atom. The third kappa shape index (κ3) is 3.55. The zero-order valence-electron chi connectivity index (χ0n) is 12.6. The van der Waals surface area contributed by atoms with Gasteiger partial charge in [-0.3, -0.25) is 0 Å². The molecule has 0 heterocycles. The van der Waals surface area contributed by atoms with E-state index in [1.807, 2.05) is 0 Å². The maximum atomic E-state index is 11.1. The van der Waals surface area contributed by atoms with Crippen molar-refractivity contribution in [1.82, 2.24) is 0 Å². The van der Waals surface area contributed by atoms with Crippen LogP contribution in [0.4, 0.5) is 0 Å². The van der Waals surface area contributed by atoms with Gasteiger partial charge in [-0.25, -0.2) is 9.59 Å². The fourth-order valence-corrected chi connectivity index (χ4v) is 4.36. The van der Waals surface area contributed by atoms with Gasteiger partial charge in [0.2, 0.25) is 0 Å².